The fourth-order valence-electron chi connectivity index (χ4n) is 4.25. The van der Waals surface area contributed by atoms with Gasteiger partial charge in [-0.2, -0.15) is 5.10 Å². The fraction of sp³-hybridized carbons (Fsp3) is 0.357. The second-order valence-electron chi connectivity index (χ2n) is 9.08. The summed E-state index contributed by atoms with van der Waals surface area (Å²) in [4.78, 5) is 38.9. The number of nitrogens with zero attached hydrogens (tertiary/aromatic N) is 3. The van der Waals surface area contributed by atoms with E-state index in [-0.39, 0.29) is 24.6 Å². The quantitative estimate of drug-likeness (QED) is 0.377. The minimum Gasteiger partial charge on any atom is -0.450 e. The van der Waals surface area contributed by atoms with Crippen molar-refractivity contribution in [3.8, 4) is 11.3 Å². The van der Waals surface area contributed by atoms with Crippen LogP contribution in [-0.2, 0) is 22.6 Å². The summed E-state index contributed by atoms with van der Waals surface area (Å²) in [7, 11) is 0. The van der Waals surface area contributed by atoms with Gasteiger partial charge in [0, 0.05) is 63.0 Å². The molecule has 10 nitrogen and oxygen atoms in total. The molecule has 200 valence electrons. The molecule has 2 amide bonds. The monoisotopic (exact) mass is 518 g/mol. The molecule has 0 radical (unpaired) electrons. The molecular weight excluding hydrogens is 484 g/mol. The van der Waals surface area contributed by atoms with Gasteiger partial charge in [0.05, 0.1) is 18.8 Å². The van der Waals surface area contributed by atoms with E-state index in [0.717, 1.165) is 49.4 Å². The Balaban J connectivity index is 1.38. The van der Waals surface area contributed by atoms with Crippen LogP contribution in [0.15, 0.2) is 65.5 Å². The lowest BCUT2D eigenvalue weighted by molar-refractivity contribution is -0.121. The molecule has 38 heavy (non-hydrogen) atoms. The van der Waals surface area contributed by atoms with Crippen molar-refractivity contribution in [3.63, 3.8) is 0 Å². The van der Waals surface area contributed by atoms with Crippen molar-refractivity contribution in [2.75, 3.05) is 44.6 Å². The van der Waals surface area contributed by atoms with Gasteiger partial charge < -0.3 is 20.3 Å². The van der Waals surface area contributed by atoms with Gasteiger partial charge in [0.15, 0.2) is 0 Å². The summed E-state index contributed by atoms with van der Waals surface area (Å²) in [6, 6.07) is 18.2. The number of carbonyl (C=O) groups is 2. The van der Waals surface area contributed by atoms with E-state index < -0.39 is 6.09 Å². The molecule has 0 spiro atoms. The highest BCUT2D eigenvalue weighted by Crippen LogP contribution is 2.18. The Morgan fingerprint density at radius 1 is 1.03 bits per heavy atom. The third-order valence-electron chi connectivity index (χ3n) is 6.22. The number of ether oxygens (including phenoxy) is 1. The van der Waals surface area contributed by atoms with Crippen LogP contribution in [0.4, 0.5) is 10.5 Å². The van der Waals surface area contributed by atoms with E-state index in [1.54, 1.807) is 31.2 Å². The molecule has 1 fully saturated rings. The number of carbonyl (C=O) groups excluding carboxylic acids is 2. The number of hydrogen-bond acceptors (Lipinski definition) is 7. The van der Waals surface area contributed by atoms with Crippen molar-refractivity contribution in [1.82, 2.24) is 25.3 Å². The highest BCUT2D eigenvalue weighted by Gasteiger charge is 2.12. The maximum atomic E-state index is 12.5. The maximum Gasteiger partial charge on any atom is 0.411 e. The van der Waals surface area contributed by atoms with Crippen molar-refractivity contribution in [2.24, 2.45) is 0 Å². The van der Waals surface area contributed by atoms with Crippen molar-refractivity contribution in [1.29, 1.82) is 0 Å². The summed E-state index contributed by atoms with van der Waals surface area (Å²) in [5.74, 6) is 0.0280. The van der Waals surface area contributed by atoms with E-state index in [1.165, 1.54) is 10.7 Å². The van der Waals surface area contributed by atoms with Gasteiger partial charge in [-0.3, -0.25) is 14.9 Å². The minimum absolute atomic E-state index is 0.0280. The zero-order chi connectivity index (χ0) is 26.7. The van der Waals surface area contributed by atoms with E-state index in [4.69, 9.17) is 4.74 Å². The van der Waals surface area contributed by atoms with Gasteiger partial charge in [0.1, 0.15) is 0 Å². The Bertz CT molecular complexity index is 1300. The first-order valence-corrected chi connectivity index (χ1v) is 12.9. The molecule has 0 bridgehead atoms. The predicted molar refractivity (Wildman–Crippen MR) is 146 cm³/mol. The highest BCUT2D eigenvalue weighted by molar-refractivity contribution is 5.84. The van der Waals surface area contributed by atoms with E-state index in [9.17, 15) is 14.4 Å². The van der Waals surface area contributed by atoms with Gasteiger partial charge in [-0.25, -0.2) is 9.48 Å². The molecule has 1 aliphatic heterocycles. The molecule has 2 aromatic carbocycles. The molecule has 3 aromatic rings. The number of amides is 2. The van der Waals surface area contributed by atoms with E-state index in [0.29, 0.717) is 24.3 Å². The van der Waals surface area contributed by atoms with Crippen LogP contribution in [0.25, 0.3) is 11.3 Å². The molecule has 1 saturated heterocycles. The molecule has 0 saturated carbocycles. The summed E-state index contributed by atoms with van der Waals surface area (Å²) in [6.45, 7) is 7.33. The van der Waals surface area contributed by atoms with Crippen LogP contribution in [-0.4, -0.2) is 66.0 Å². The summed E-state index contributed by atoms with van der Waals surface area (Å²) < 4.78 is 6.31. The van der Waals surface area contributed by atoms with Gasteiger partial charge in [-0.05, 0) is 42.3 Å². The first-order chi connectivity index (χ1) is 18.5. The third kappa shape index (κ3) is 7.99. The van der Waals surface area contributed by atoms with Crippen LogP contribution in [0.3, 0.4) is 0 Å². The van der Waals surface area contributed by atoms with E-state index in [1.807, 2.05) is 30.3 Å². The Labute approximate surface area is 222 Å². The predicted octanol–water partition coefficient (Wildman–Crippen LogP) is 2.44. The maximum absolute atomic E-state index is 12.5. The molecule has 4 rings (SSSR count). The van der Waals surface area contributed by atoms with Crippen molar-refractivity contribution >= 4 is 17.7 Å². The van der Waals surface area contributed by atoms with Crippen molar-refractivity contribution in [2.45, 2.75) is 26.4 Å². The first-order valence-electron chi connectivity index (χ1n) is 12.9. The van der Waals surface area contributed by atoms with Gasteiger partial charge in [0.2, 0.25) is 5.91 Å². The summed E-state index contributed by atoms with van der Waals surface area (Å²) in [5, 5.41) is 13.6. The topological polar surface area (TPSA) is 118 Å². The van der Waals surface area contributed by atoms with Crippen LogP contribution in [0.2, 0.25) is 0 Å². The Kier molecular flexibility index (Phi) is 9.60. The molecule has 1 aromatic heterocycles. The number of benzene rings is 2. The smallest absolute Gasteiger partial charge is 0.411 e. The number of aromatic nitrogens is 2. The molecular formula is C28H34N6O4. The number of hydrogen-bond donors (Lipinski definition) is 3. The van der Waals surface area contributed by atoms with Crippen LogP contribution in [0.1, 0.15) is 24.5 Å². The largest absolute Gasteiger partial charge is 0.450 e. The lowest BCUT2D eigenvalue weighted by Gasteiger charge is -2.26. The normalized spacial score (nSPS) is 13.6. The van der Waals surface area contributed by atoms with Gasteiger partial charge in [-0.1, -0.05) is 30.3 Å². The SMILES string of the molecule is CCOC(=O)Nc1cccc(Cn2nc(-c3cccc(CNC(=O)CCN4CCNCC4)c3)ccc2=O)c1. The zero-order valence-electron chi connectivity index (χ0n) is 21.6. The minimum atomic E-state index is -0.530. The fourth-order valence-corrected chi connectivity index (χ4v) is 4.25. The second-order valence-corrected chi connectivity index (χ2v) is 9.08. The standard InChI is InChI=1S/C28H34N6O4/c1-2-38-28(37)31-24-8-4-6-22(18-24)20-34-27(36)10-9-25(32-34)23-7-3-5-21(17-23)19-30-26(35)11-14-33-15-12-29-13-16-33/h3-10,17-18,29H,2,11-16,19-20H2,1H3,(H,30,35)(H,31,37). The number of rotatable bonds is 10. The number of piperazine rings is 1. The van der Waals surface area contributed by atoms with E-state index in [2.05, 4.69) is 25.9 Å². The van der Waals surface area contributed by atoms with Crippen LogP contribution in [0, 0.1) is 0 Å². The summed E-state index contributed by atoms with van der Waals surface area (Å²) in [5.41, 5.74) is 3.61. The summed E-state index contributed by atoms with van der Waals surface area (Å²) in [6.07, 6.45) is -0.0551. The molecule has 0 atom stereocenters. The molecule has 2 heterocycles. The van der Waals surface area contributed by atoms with Crippen LogP contribution < -0.4 is 21.5 Å². The zero-order valence-corrected chi connectivity index (χ0v) is 21.6. The Hall–Kier alpha value is -4.02. The Morgan fingerprint density at radius 2 is 1.82 bits per heavy atom. The van der Waals surface area contributed by atoms with Gasteiger partial charge >= 0.3 is 6.09 Å². The second kappa shape index (κ2) is 13.5. The van der Waals surface area contributed by atoms with Crippen molar-refractivity contribution in [3.05, 3.63) is 82.1 Å². The third-order valence-corrected chi connectivity index (χ3v) is 6.22. The highest BCUT2D eigenvalue weighted by atomic mass is 16.5. The lowest BCUT2D eigenvalue weighted by Crippen LogP contribution is -2.44. The van der Waals surface area contributed by atoms with E-state index >= 15 is 0 Å². The molecule has 0 aliphatic carbocycles. The van der Waals surface area contributed by atoms with Gasteiger partial charge in [0.25, 0.3) is 5.56 Å². The van der Waals surface area contributed by atoms with Gasteiger partial charge in [-0.15, -0.1) is 0 Å². The molecule has 3 N–H and O–H groups in total. The average Bonchev–Trinajstić information content (AvgIpc) is 2.93. The van der Waals surface area contributed by atoms with Crippen LogP contribution >= 0.6 is 0 Å². The molecule has 0 unspecified atom stereocenters. The first kappa shape index (κ1) is 27.0. The average molecular weight is 519 g/mol. The molecule has 1 aliphatic rings. The van der Waals surface area contributed by atoms with Crippen molar-refractivity contribution < 1.29 is 14.3 Å². The lowest BCUT2D eigenvalue weighted by atomic mass is 10.1. The summed E-state index contributed by atoms with van der Waals surface area (Å²) >= 11 is 0. The number of nitrogens with one attached hydrogen (secondary N) is 3. The Morgan fingerprint density at radius 3 is 2.63 bits per heavy atom. The molecule has 10 heteroatoms. The van der Waals surface area contributed by atoms with Crippen LogP contribution in [0.5, 0.6) is 0 Å². The number of anilines is 1.